The molecule has 1 atom stereocenters. The zero-order valence-electron chi connectivity index (χ0n) is 16.4. The second-order valence-corrected chi connectivity index (χ2v) is 7.58. The number of nitrogens with zero attached hydrogens (tertiary/aromatic N) is 1. The van der Waals surface area contributed by atoms with Crippen LogP contribution < -0.4 is 10.6 Å². The molecule has 7 heteroatoms. The molecule has 0 saturated carbocycles. The lowest BCUT2D eigenvalue weighted by molar-refractivity contribution is 0.0950. The monoisotopic (exact) mass is 417 g/mol. The standard InChI is InChI=1S/C22H25ClFN3O2/c1-2-25-22(29)27-10-4-7-18(14-27)16-5-3-6-17(12-16)21(28)26-13-15-8-9-20(24)19(23)11-15/h3,5-6,8-9,11-12,18H,2,4,7,10,13-14H2,1H3,(H,25,29)(H,26,28)/t18-/m1/s1. The highest BCUT2D eigenvalue weighted by atomic mass is 35.5. The van der Waals surface area contributed by atoms with Crippen LogP contribution in [0.2, 0.25) is 5.02 Å². The van der Waals surface area contributed by atoms with Gasteiger partial charge in [-0.15, -0.1) is 0 Å². The second-order valence-electron chi connectivity index (χ2n) is 7.18. The van der Waals surface area contributed by atoms with Crippen molar-refractivity contribution in [3.8, 4) is 0 Å². The van der Waals surface area contributed by atoms with Crippen molar-refractivity contribution in [2.75, 3.05) is 19.6 Å². The Balaban J connectivity index is 1.64. The Labute approximate surface area is 175 Å². The SMILES string of the molecule is CCNC(=O)N1CCC[C@@H](c2cccc(C(=O)NCc3ccc(F)c(Cl)c3)c2)C1. The molecule has 0 aliphatic carbocycles. The van der Waals surface area contributed by atoms with Crippen LogP contribution in [0.25, 0.3) is 0 Å². The molecule has 3 amide bonds. The molecule has 1 aliphatic rings. The minimum Gasteiger partial charge on any atom is -0.348 e. The molecule has 0 aromatic heterocycles. The minimum atomic E-state index is -0.483. The van der Waals surface area contributed by atoms with Gasteiger partial charge >= 0.3 is 6.03 Å². The highest BCUT2D eigenvalue weighted by molar-refractivity contribution is 6.30. The smallest absolute Gasteiger partial charge is 0.317 e. The molecule has 0 spiro atoms. The maximum Gasteiger partial charge on any atom is 0.317 e. The lowest BCUT2D eigenvalue weighted by Crippen LogP contribution is -2.44. The number of urea groups is 1. The van der Waals surface area contributed by atoms with Crippen LogP contribution in [-0.4, -0.2) is 36.5 Å². The zero-order chi connectivity index (χ0) is 20.8. The van der Waals surface area contributed by atoms with Crippen molar-refractivity contribution in [3.63, 3.8) is 0 Å². The third-order valence-corrected chi connectivity index (χ3v) is 5.38. The van der Waals surface area contributed by atoms with E-state index < -0.39 is 5.82 Å². The van der Waals surface area contributed by atoms with Crippen LogP contribution in [0.4, 0.5) is 9.18 Å². The molecule has 1 aliphatic heterocycles. The number of benzene rings is 2. The van der Waals surface area contributed by atoms with E-state index in [1.54, 1.807) is 12.1 Å². The number of nitrogens with one attached hydrogen (secondary N) is 2. The number of piperidine rings is 1. The second kappa shape index (κ2) is 9.74. The number of hydrogen-bond acceptors (Lipinski definition) is 2. The highest BCUT2D eigenvalue weighted by Crippen LogP contribution is 2.27. The molecule has 2 aromatic carbocycles. The Morgan fingerprint density at radius 1 is 1.21 bits per heavy atom. The summed E-state index contributed by atoms with van der Waals surface area (Å²) in [6.45, 7) is 4.17. The van der Waals surface area contributed by atoms with Crippen LogP contribution in [0.5, 0.6) is 0 Å². The first-order valence-electron chi connectivity index (χ1n) is 9.82. The maximum absolute atomic E-state index is 13.3. The number of rotatable bonds is 5. The maximum atomic E-state index is 13.3. The van der Waals surface area contributed by atoms with Gasteiger partial charge in [-0.25, -0.2) is 9.18 Å². The fourth-order valence-corrected chi connectivity index (χ4v) is 3.77. The van der Waals surface area contributed by atoms with E-state index in [1.165, 1.54) is 12.1 Å². The average Bonchev–Trinajstić information content (AvgIpc) is 2.74. The van der Waals surface area contributed by atoms with E-state index in [1.807, 2.05) is 30.0 Å². The number of amides is 3. The molecule has 2 aromatic rings. The average molecular weight is 418 g/mol. The lowest BCUT2D eigenvalue weighted by Gasteiger charge is -2.33. The van der Waals surface area contributed by atoms with Crippen molar-refractivity contribution in [1.29, 1.82) is 0 Å². The quantitative estimate of drug-likeness (QED) is 0.761. The molecule has 0 radical (unpaired) electrons. The molecule has 0 bridgehead atoms. The summed E-state index contributed by atoms with van der Waals surface area (Å²) in [5.74, 6) is -0.484. The molecule has 1 fully saturated rings. The Kier molecular flexibility index (Phi) is 7.09. The topological polar surface area (TPSA) is 61.4 Å². The van der Waals surface area contributed by atoms with Gasteiger partial charge in [0.05, 0.1) is 5.02 Å². The van der Waals surface area contributed by atoms with Crippen LogP contribution in [0.1, 0.15) is 47.2 Å². The normalized spacial score (nSPS) is 16.4. The Hall–Kier alpha value is -2.60. The molecule has 5 nitrogen and oxygen atoms in total. The van der Waals surface area contributed by atoms with Gasteiger partial charge in [0.2, 0.25) is 0 Å². The van der Waals surface area contributed by atoms with E-state index in [0.717, 1.165) is 30.5 Å². The van der Waals surface area contributed by atoms with E-state index in [0.29, 0.717) is 18.7 Å². The van der Waals surface area contributed by atoms with E-state index in [-0.39, 0.29) is 29.4 Å². The summed E-state index contributed by atoms with van der Waals surface area (Å²) in [4.78, 5) is 26.5. The van der Waals surface area contributed by atoms with E-state index >= 15 is 0 Å². The summed E-state index contributed by atoms with van der Waals surface area (Å²) >= 11 is 5.79. The summed E-state index contributed by atoms with van der Waals surface area (Å²) in [7, 11) is 0. The number of hydrogen-bond donors (Lipinski definition) is 2. The van der Waals surface area contributed by atoms with Gasteiger partial charge < -0.3 is 15.5 Å². The first-order chi connectivity index (χ1) is 14.0. The third-order valence-electron chi connectivity index (χ3n) is 5.09. The van der Waals surface area contributed by atoms with Crippen molar-refractivity contribution in [2.45, 2.75) is 32.2 Å². The molecule has 2 N–H and O–H groups in total. The van der Waals surface area contributed by atoms with Gasteiger partial charge in [-0.2, -0.15) is 0 Å². The van der Waals surface area contributed by atoms with Crippen LogP contribution in [-0.2, 0) is 6.54 Å². The van der Waals surface area contributed by atoms with Crippen LogP contribution >= 0.6 is 11.6 Å². The van der Waals surface area contributed by atoms with Crippen molar-refractivity contribution in [1.82, 2.24) is 15.5 Å². The first-order valence-corrected chi connectivity index (χ1v) is 10.2. The predicted octanol–water partition coefficient (Wildman–Crippen LogP) is 4.32. The summed E-state index contributed by atoms with van der Waals surface area (Å²) in [5.41, 5.74) is 2.34. The van der Waals surface area contributed by atoms with Crippen LogP contribution in [0, 0.1) is 5.82 Å². The van der Waals surface area contributed by atoms with Gasteiger partial charge in [-0.3, -0.25) is 4.79 Å². The summed E-state index contributed by atoms with van der Waals surface area (Å²) in [6.07, 6.45) is 1.92. The number of likely N-dealkylation sites (tertiary alicyclic amines) is 1. The molecule has 3 rings (SSSR count). The fraction of sp³-hybridized carbons (Fsp3) is 0.364. The molecular weight excluding hydrogens is 393 g/mol. The van der Waals surface area contributed by atoms with Gasteiger partial charge in [0, 0.05) is 37.7 Å². The van der Waals surface area contributed by atoms with Crippen molar-refractivity contribution >= 4 is 23.5 Å². The largest absolute Gasteiger partial charge is 0.348 e. The van der Waals surface area contributed by atoms with Gasteiger partial charge in [0.15, 0.2) is 0 Å². The summed E-state index contributed by atoms with van der Waals surface area (Å²) in [6, 6.07) is 11.9. The Bertz CT molecular complexity index is 890. The highest BCUT2D eigenvalue weighted by Gasteiger charge is 2.24. The minimum absolute atomic E-state index is 0.0349. The number of halogens is 2. The van der Waals surface area contributed by atoms with Gasteiger partial charge in [-0.05, 0) is 55.2 Å². The van der Waals surface area contributed by atoms with E-state index in [9.17, 15) is 14.0 Å². The molecule has 1 heterocycles. The fourth-order valence-electron chi connectivity index (χ4n) is 3.56. The molecular formula is C22H25ClFN3O2. The number of carbonyl (C=O) groups excluding carboxylic acids is 2. The summed E-state index contributed by atoms with van der Waals surface area (Å²) in [5, 5.41) is 5.72. The van der Waals surface area contributed by atoms with Crippen molar-refractivity contribution in [3.05, 3.63) is 70.0 Å². The van der Waals surface area contributed by atoms with E-state index in [4.69, 9.17) is 11.6 Å². The molecule has 29 heavy (non-hydrogen) atoms. The molecule has 0 unspecified atom stereocenters. The van der Waals surface area contributed by atoms with E-state index in [2.05, 4.69) is 10.6 Å². The molecule has 154 valence electrons. The summed E-state index contributed by atoms with van der Waals surface area (Å²) < 4.78 is 13.3. The lowest BCUT2D eigenvalue weighted by atomic mass is 9.89. The van der Waals surface area contributed by atoms with Crippen molar-refractivity contribution < 1.29 is 14.0 Å². The van der Waals surface area contributed by atoms with Crippen molar-refractivity contribution in [2.24, 2.45) is 0 Å². The van der Waals surface area contributed by atoms with Gasteiger partial charge in [0.1, 0.15) is 5.82 Å². The third kappa shape index (κ3) is 5.48. The van der Waals surface area contributed by atoms with Gasteiger partial charge in [-0.1, -0.05) is 29.8 Å². The Morgan fingerprint density at radius 3 is 2.79 bits per heavy atom. The van der Waals surface area contributed by atoms with Crippen LogP contribution in [0.15, 0.2) is 42.5 Å². The zero-order valence-corrected chi connectivity index (χ0v) is 17.1. The molecule has 1 saturated heterocycles. The van der Waals surface area contributed by atoms with Gasteiger partial charge in [0.25, 0.3) is 5.91 Å². The Morgan fingerprint density at radius 2 is 2.03 bits per heavy atom. The van der Waals surface area contributed by atoms with Crippen LogP contribution in [0.3, 0.4) is 0 Å². The first kappa shape index (κ1) is 21.1. The predicted molar refractivity (Wildman–Crippen MR) is 112 cm³/mol. The number of carbonyl (C=O) groups is 2.